The molecule has 0 bridgehead atoms. The second kappa shape index (κ2) is 13.5. The summed E-state index contributed by atoms with van der Waals surface area (Å²) in [5.41, 5.74) is 11.4. The van der Waals surface area contributed by atoms with Crippen molar-refractivity contribution >= 4 is 17.6 Å². The molecule has 10 nitrogen and oxygen atoms in total. The Kier molecular flexibility index (Phi) is 9.77. The minimum absolute atomic E-state index is 0.231. The predicted molar refractivity (Wildman–Crippen MR) is 165 cm³/mol. The summed E-state index contributed by atoms with van der Waals surface area (Å²) in [4.78, 5) is 30.7. The number of nitrogens with zero attached hydrogens (tertiary/aromatic N) is 3. The smallest absolute Gasteiger partial charge is 0.272 e. The Morgan fingerprint density at radius 2 is 1.10 bits per heavy atom. The van der Waals surface area contributed by atoms with Crippen LogP contribution in [0.15, 0.2) is 24.3 Å². The number of amides is 2. The SMILES string of the molecule is CCc1c(CNC(=O)c2cc(C)[nH]n2)c(CC)c(CNc2cc(C)cc(C)n2)c(CC)c1CNC(=O)c1cc(C)[nH]n1. The highest BCUT2D eigenvalue weighted by molar-refractivity contribution is 5.93. The first-order valence-corrected chi connectivity index (χ1v) is 14.6. The van der Waals surface area contributed by atoms with Crippen LogP contribution in [0.3, 0.4) is 0 Å². The Bertz CT molecular complexity index is 1480. The zero-order valence-electron chi connectivity index (χ0n) is 25.7. The number of aryl methyl sites for hydroxylation is 4. The Morgan fingerprint density at radius 3 is 1.48 bits per heavy atom. The van der Waals surface area contributed by atoms with Crippen LogP contribution in [0.5, 0.6) is 0 Å². The van der Waals surface area contributed by atoms with Crippen LogP contribution in [-0.2, 0) is 38.9 Å². The number of hydrogen-bond acceptors (Lipinski definition) is 6. The lowest BCUT2D eigenvalue weighted by Crippen LogP contribution is -2.28. The van der Waals surface area contributed by atoms with Gasteiger partial charge in [-0.15, -0.1) is 0 Å². The van der Waals surface area contributed by atoms with E-state index in [0.717, 1.165) is 64.4 Å². The van der Waals surface area contributed by atoms with E-state index >= 15 is 0 Å². The number of nitrogens with one attached hydrogen (secondary N) is 5. The van der Waals surface area contributed by atoms with E-state index in [1.54, 1.807) is 12.1 Å². The molecule has 0 unspecified atom stereocenters. The minimum Gasteiger partial charge on any atom is -0.366 e. The molecule has 0 aliphatic heterocycles. The molecule has 3 aromatic heterocycles. The first-order chi connectivity index (χ1) is 20.1. The van der Waals surface area contributed by atoms with E-state index in [9.17, 15) is 9.59 Å². The number of benzene rings is 1. The molecule has 222 valence electrons. The van der Waals surface area contributed by atoms with E-state index in [0.29, 0.717) is 31.0 Å². The molecule has 2 amide bonds. The molecule has 0 aliphatic rings. The number of anilines is 1. The van der Waals surface area contributed by atoms with Crippen LogP contribution in [0.25, 0.3) is 0 Å². The summed E-state index contributed by atoms with van der Waals surface area (Å²) < 4.78 is 0. The molecule has 0 radical (unpaired) electrons. The number of aromatic amines is 2. The van der Waals surface area contributed by atoms with Crippen LogP contribution in [0.4, 0.5) is 5.82 Å². The summed E-state index contributed by atoms with van der Waals surface area (Å²) in [5.74, 6) is 0.362. The standard InChI is InChI=1S/C32H42N8O2/c1-8-22-25(15-33-30-12-18(4)11-19(5)36-30)23(9-2)27(17-35-32(42)29-14-21(7)38-40-29)24(10-3)26(22)16-34-31(41)28-13-20(6)37-39-28/h11-14H,8-10,15-17H2,1-7H3,(H,33,36)(H,34,41)(H,35,42)(H,37,39)(H,38,40). The van der Waals surface area contributed by atoms with E-state index in [1.807, 2.05) is 26.8 Å². The molecule has 0 saturated heterocycles. The van der Waals surface area contributed by atoms with E-state index in [4.69, 9.17) is 0 Å². The van der Waals surface area contributed by atoms with Gasteiger partial charge >= 0.3 is 0 Å². The summed E-state index contributed by atoms with van der Waals surface area (Å²) in [6.07, 6.45) is 2.35. The maximum absolute atomic E-state index is 13.0. The Balaban J connectivity index is 1.75. The normalized spacial score (nSPS) is 11.0. The molecular formula is C32H42N8O2. The largest absolute Gasteiger partial charge is 0.366 e. The van der Waals surface area contributed by atoms with E-state index in [1.165, 1.54) is 16.7 Å². The molecule has 0 fully saturated rings. The Labute approximate surface area is 247 Å². The molecule has 0 saturated carbocycles. The van der Waals surface area contributed by atoms with Gasteiger partial charge in [-0.2, -0.15) is 10.2 Å². The van der Waals surface area contributed by atoms with Crippen molar-refractivity contribution in [2.45, 2.75) is 87.4 Å². The lowest BCUT2D eigenvalue weighted by atomic mass is 9.83. The zero-order valence-corrected chi connectivity index (χ0v) is 25.7. The molecule has 0 atom stereocenters. The van der Waals surface area contributed by atoms with Crippen LogP contribution >= 0.6 is 0 Å². The molecule has 5 N–H and O–H groups in total. The van der Waals surface area contributed by atoms with Gasteiger partial charge in [0.25, 0.3) is 11.8 Å². The highest BCUT2D eigenvalue weighted by Gasteiger charge is 2.23. The summed E-state index contributed by atoms with van der Waals surface area (Å²) >= 11 is 0. The van der Waals surface area contributed by atoms with E-state index in [-0.39, 0.29) is 11.8 Å². The van der Waals surface area contributed by atoms with E-state index in [2.05, 4.69) is 75.1 Å². The van der Waals surface area contributed by atoms with Gasteiger partial charge in [0.2, 0.25) is 0 Å². The third-order valence-electron chi connectivity index (χ3n) is 7.52. The second-order valence-corrected chi connectivity index (χ2v) is 10.7. The van der Waals surface area contributed by atoms with Gasteiger partial charge in [-0.05, 0) is 110 Å². The topological polar surface area (TPSA) is 140 Å². The number of rotatable bonds is 12. The van der Waals surface area contributed by atoms with E-state index < -0.39 is 0 Å². The second-order valence-electron chi connectivity index (χ2n) is 10.7. The molecule has 3 heterocycles. The van der Waals surface area contributed by atoms with Crippen molar-refractivity contribution < 1.29 is 9.59 Å². The summed E-state index contributed by atoms with van der Waals surface area (Å²) in [6, 6.07) is 7.58. The molecular weight excluding hydrogens is 528 g/mol. The number of pyridine rings is 1. The van der Waals surface area contributed by atoms with Crippen molar-refractivity contribution in [2.24, 2.45) is 0 Å². The van der Waals surface area contributed by atoms with Crippen LogP contribution in [0, 0.1) is 27.7 Å². The minimum atomic E-state index is -0.231. The van der Waals surface area contributed by atoms with Crippen LogP contribution < -0.4 is 16.0 Å². The fraction of sp³-hybridized carbons (Fsp3) is 0.406. The average molecular weight is 571 g/mol. The Hall–Kier alpha value is -4.47. The van der Waals surface area contributed by atoms with Crippen molar-refractivity contribution in [1.29, 1.82) is 0 Å². The van der Waals surface area contributed by atoms with Gasteiger partial charge in [-0.3, -0.25) is 19.8 Å². The maximum Gasteiger partial charge on any atom is 0.272 e. The molecule has 4 rings (SSSR count). The lowest BCUT2D eigenvalue weighted by Gasteiger charge is -2.27. The zero-order chi connectivity index (χ0) is 30.4. The molecule has 4 aromatic rings. The highest BCUT2D eigenvalue weighted by Crippen LogP contribution is 2.31. The van der Waals surface area contributed by atoms with Gasteiger partial charge in [0.15, 0.2) is 0 Å². The molecule has 10 heteroatoms. The monoisotopic (exact) mass is 570 g/mol. The van der Waals surface area contributed by atoms with Crippen molar-refractivity contribution in [1.82, 2.24) is 36.0 Å². The number of aromatic nitrogens is 5. The summed E-state index contributed by atoms with van der Waals surface area (Å²) in [7, 11) is 0. The first-order valence-electron chi connectivity index (χ1n) is 14.6. The first kappa shape index (κ1) is 30.5. The maximum atomic E-state index is 13.0. The number of carbonyl (C=O) groups excluding carboxylic acids is 2. The van der Waals surface area contributed by atoms with Crippen molar-refractivity contribution in [3.8, 4) is 0 Å². The fourth-order valence-corrected chi connectivity index (χ4v) is 5.71. The van der Waals surface area contributed by atoms with Crippen LogP contribution in [0.1, 0.15) is 97.8 Å². The van der Waals surface area contributed by atoms with Crippen LogP contribution in [0.2, 0.25) is 0 Å². The van der Waals surface area contributed by atoms with Gasteiger partial charge in [0, 0.05) is 36.7 Å². The highest BCUT2D eigenvalue weighted by atomic mass is 16.2. The summed E-state index contributed by atoms with van der Waals surface area (Å²) in [5, 5.41) is 23.7. The third-order valence-corrected chi connectivity index (χ3v) is 7.52. The van der Waals surface area contributed by atoms with Gasteiger partial charge < -0.3 is 16.0 Å². The lowest BCUT2D eigenvalue weighted by molar-refractivity contribution is 0.0938. The number of H-pyrrole nitrogens is 2. The molecule has 0 spiro atoms. The number of carbonyl (C=O) groups is 2. The van der Waals surface area contributed by atoms with Gasteiger partial charge in [-0.25, -0.2) is 4.98 Å². The summed E-state index contributed by atoms with van der Waals surface area (Å²) in [6.45, 7) is 15.5. The van der Waals surface area contributed by atoms with Crippen molar-refractivity contribution in [3.63, 3.8) is 0 Å². The van der Waals surface area contributed by atoms with Crippen LogP contribution in [-0.4, -0.2) is 37.2 Å². The predicted octanol–water partition coefficient (Wildman–Crippen LogP) is 4.92. The quantitative estimate of drug-likeness (QED) is 0.164. The number of hydrogen-bond donors (Lipinski definition) is 5. The average Bonchev–Trinajstić information content (AvgIpc) is 3.60. The third kappa shape index (κ3) is 6.87. The van der Waals surface area contributed by atoms with Crippen molar-refractivity contribution in [2.75, 3.05) is 5.32 Å². The van der Waals surface area contributed by atoms with Gasteiger partial charge in [-0.1, -0.05) is 20.8 Å². The molecule has 0 aliphatic carbocycles. The molecule has 42 heavy (non-hydrogen) atoms. The fourth-order valence-electron chi connectivity index (χ4n) is 5.71. The van der Waals surface area contributed by atoms with Crippen molar-refractivity contribution in [3.05, 3.63) is 91.7 Å². The van der Waals surface area contributed by atoms with Gasteiger partial charge in [0.1, 0.15) is 17.2 Å². The molecule has 1 aromatic carbocycles. The van der Waals surface area contributed by atoms with Gasteiger partial charge in [0.05, 0.1) is 0 Å². The Morgan fingerprint density at radius 1 is 0.643 bits per heavy atom.